The molecule has 2 heterocycles. The molecular formula is C27H31N3O3. The number of aromatic nitrogens is 1. The zero-order chi connectivity index (χ0) is 23.5. The van der Waals surface area contributed by atoms with Crippen LogP contribution in [0, 0.1) is 19.8 Å². The molecule has 0 spiro atoms. The van der Waals surface area contributed by atoms with E-state index in [-0.39, 0.29) is 17.6 Å². The largest absolute Gasteiger partial charge is 0.496 e. The van der Waals surface area contributed by atoms with Crippen LogP contribution in [0.5, 0.6) is 5.75 Å². The van der Waals surface area contributed by atoms with E-state index in [1.807, 2.05) is 56.3 Å². The van der Waals surface area contributed by atoms with Crippen LogP contribution < -0.4 is 10.1 Å². The lowest BCUT2D eigenvalue weighted by Gasteiger charge is -2.32. The summed E-state index contributed by atoms with van der Waals surface area (Å²) in [7, 11) is 1.66. The SMILES string of the molecule is COc1c(C)cc(C(=O)C2CCCN(Cc3ccc4c(NC(C)=O)cccc4n3)C2)cc1C. The summed E-state index contributed by atoms with van der Waals surface area (Å²) in [5, 5.41) is 3.79. The number of fused-ring (bicyclic) bond motifs is 1. The zero-order valence-electron chi connectivity index (χ0n) is 19.8. The van der Waals surface area contributed by atoms with Gasteiger partial charge in [0.1, 0.15) is 5.75 Å². The van der Waals surface area contributed by atoms with Crippen LogP contribution in [0.15, 0.2) is 42.5 Å². The molecule has 0 saturated carbocycles. The van der Waals surface area contributed by atoms with Gasteiger partial charge < -0.3 is 10.1 Å². The number of piperidine rings is 1. The fraction of sp³-hybridized carbons (Fsp3) is 0.370. The maximum Gasteiger partial charge on any atom is 0.221 e. The molecule has 0 aliphatic carbocycles. The summed E-state index contributed by atoms with van der Waals surface area (Å²) in [5.41, 5.74) is 5.35. The zero-order valence-corrected chi connectivity index (χ0v) is 19.8. The Morgan fingerprint density at radius 2 is 1.91 bits per heavy atom. The second-order valence-corrected chi connectivity index (χ2v) is 8.94. The van der Waals surface area contributed by atoms with Gasteiger partial charge in [0.25, 0.3) is 0 Å². The predicted molar refractivity (Wildman–Crippen MR) is 131 cm³/mol. The van der Waals surface area contributed by atoms with Crippen molar-refractivity contribution >= 4 is 28.3 Å². The summed E-state index contributed by atoms with van der Waals surface area (Å²) < 4.78 is 5.45. The maximum absolute atomic E-state index is 13.3. The molecule has 2 aromatic carbocycles. The van der Waals surface area contributed by atoms with Crippen molar-refractivity contribution in [1.82, 2.24) is 9.88 Å². The second-order valence-electron chi connectivity index (χ2n) is 8.94. The van der Waals surface area contributed by atoms with Crippen molar-refractivity contribution in [3.8, 4) is 5.75 Å². The number of carbonyl (C=O) groups is 2. The van der Waals surface area contributed by atoms with Crippen molar-refractivity contribution in [2.24, 2.45) is 5.92 Å². The monoisotopic (exact) mass is 445 g/mol. The minimum atomic E-state index is -0.0992. The van der Waals surface area contributed by atoms with Gasteiger partial charge in [0.2, 0.25) is 5.91 Å². The first kappa shape index (κ1) is 22.9. The van der Waals surface area contributed by atoms with Crippen molar-refractivity contribution < 1.29 is 14.3 Å². The van der Waals surface area contributed by atoms with E-state index in [0.717, 1.165) is 70.7 Å². The Bertz CT molecular complexity index is 1180. The van der Waals surface area contributed by atoms with Crippen molar-refractivity contribution in [2.75, 3.05) is 25.5 Å². The van der Waals surface area contributed by atoms with Crippen molar-refractivity contribution in [2.45, 2.75) is 40.2 Å². The molecule has 6 nitrogen and oxygen atoms in total. The number of ketones is 1. The molecule has 1 atom stereocenters. The van der Waals surface area contributed by atoms with Crippen LogP contribution in [0.4, 0.5) is 5.69 Å². The predicted octanol–water partition coefficient (Wildman–Crippen LogP) is 4.91. The third-order valence-electron chi connectivity index (χ3n) is 6.31. The Hall–Kier alpha value is -3.25. The summed E-state index contributed by atoms with van der Waals surface area (Å²) in [6.07, 6.45) is 1.90. The molecule has 1 aromatic heterocycles. The van der Waals surface area contributed by atoms with Crippen LogP contribution in [0.2, 0.25) is 0 Å². The molecule has 1 N–H and O–H groups in total. The number of aryl methyl sites for hydroxylation is 2. The molecule has 6 heteroatoms. The van der Waals surface area contributed by atoms with Crippen molar-refractivity contribution in [3.05, 3.63) is 64.8 Å². The molecule has 1 aliphatic heterocycles. The topological polar surface area (TPSA) is 71.5 Å². The average Bonchev–Trinajstić information content (AvgIpc) is 2.78. The van der Waals surface area contributed by atoms with Gasteiger partial charge in [0.15, 0.2) is 5.78 Å². The number of nitrogens with one attached hydrogen (secondary N) is 1. The first-order chi connectivity index (χ1) is 15.9. The van der Waals surface area contributed by atoms with Crippen LogP contribution in [-0.2, 0) is 11.3 Å². The third kappa shape index (κ3) is 5.06. The summed E-state index contributed by atoms with van der Waals surface area (Å²) >= 11 is 0. The smallest absolute Gasteiger partial charge is 0.221 e. The molecular weight excluding hydrogens is 414 g/mol. The van der Waals surface area contributed by atoms with Crippen LogP contribution in [-0.4, -0.2) is 41.8 Å². The van der Waals surface area contributed by atoms with Gasteiger partial charge in [-0.3, -0.25) is 19.5 Å². The van der Waals surface area contributed by atoms with Crippen LogP contribution in [0.3, 0.4) is 0 Å². The third-order valence-corrected chi connectivity index (χ3v) is 6.31. The minimum absolute atomic E-state index is 0.0160. The number of carbonyl (C=O) groups excluding carboxylic acids is 2. The van der Waals surface area contributed by atoms with Gasteiger partial charge in [0, 0.05) is 36.9 Å². The number of hydrogen-bond donors (Lipinski definition) is 1. The number of likely N-dealkylation sites (tertiary alicyclic amines) is 1. The van der Waals surface area contributed by atoms with E-state index in [1.54, 1.807) is 7.11 Å². The van der Waals surface area contributed by atoms with Crippen molar-refractivity contribution in [3.63, 3.8) is 0 Å². The second kappa shape index (κ2) is 9.71. The van der Waals surface area contributed by atoms with Gasteiger partial charge in [0.05, 0.1) is 24.0 Å². The first-order valence-electron chi connectivity index (χ1n) is 11.4. The fourth-order valence-electron chi connectivity index (χ4n) is 4.88. The van der Waals surface area contributed by atoms with Gasteiger partial charge in [-0.15, -0.1) is 0 Å². The summed E-state index contributed by atoms with van der Waals surface area (Å²) in [6.45, 7) is 7.86. The number of nitrogens with zero attached hydrogens (tertiary/aromatic N) is 2. The molecule has 1 unspecified atom stereocenters. The Morgan fingerprint density at radius 3 is 2.61 bits per heavy atom. The van der Waals surface area contributed by atoms with E-state index in [9.17, 15) is 9.59 Å². The number of Topliss-reactive ketones (excluding diaryl/α,β-unsaturated/α-hetero) is 1. The van der Waals surface area contributed by atoms with E-state index in [2.05, 4.69) is 10.2 Å². The first-order valence-corrected chi connectivity index (χ1v) is 11.4. The lowest BCUT2D eigenvalue weighted by atomic mass is 9.88. The van der Waals surface area contributed by atoms with Gasteiger partial charge >= 0.3 is 0 Å². The molecule has 1 amide bonds. The van der Waals surface area contributed by atoms with E-state index < -0.39 is 0 Å². The lowest BCUT2D eigenvalue weighted by molar-refractivity contribution is -0.114. The van der Waals surface area contributed by atoms with Crippen LogP contribution in [0.25, 0.3) is 10.9 Å². The molecule has 1 aliphatic rings. The Balaban J connectivity index is 1.48. The highest BCUT2D eigenvalue weighted by Crippen LogP contribution is 2.28. The molecule has 0 radical (unpaired) electrons. The van der Waals surface area contributed by atoms with Crippen LogP contribution >= 0.6 is 0 Å². The van der Waals surface area contributed by atoms with Gasteiger partial charge in [-0.1, -0.05) is 6.07 Å². The van der Waals surface area contributed by atoms with E-state index in [4.69, 9.17) is 9.72 Å². The van der Waals surface area contributed by atoms with Gasteiger partial charge in [-0.05, 0) is 80.8 Å². The number of amides is 1. The normalized spacial score (nSPS) is 16.5. The number of methoxy groups -OCH3 is 1. The van der Waals surface area contributed by atoms with E-state index in [1.165, 1.54) is 6.92 Å². The number of ether oxygens (including phenoxy) is 1. The van der Waals surface area contributed by atoms with E-state index in [0.29, 0.717) is 6.54 Å². The highest BCUT2D eigenvalue weighted by Gasteiger charge is 2.27. The Labute approximate surface area is 195 Å². The Morgan fingerprint density at radius 1 is 1.15 bits per heavy atom. The minimum Gasteiger partial charge on any atom is -0.496 e. The standard InChI is InChI=1S/C27H31N3O3/c1-17-13-21(14-18(2)27(17)33-4)26(32)20-7-6-12-30(15-20)16-22-10-11-23-24(28-19(3)31)8-5-9-25(23)29-22/h5,8-11,13-14,20H,6-7,12,15-16H2,1-4H3,(H,28,31). The highest BCUT2D eigenvalue weighted by atomic mass is 16.5. The number of pyridine rings is 1. The molecule has 172 valence electrons. The molecule has 33 heavy (non-hydrogen) atoms. The molecule has 1 fully saturated rings. The molecule has 4 rings (SSSR count). The molecule has 0 bridgehead atoms. The number of benzene rings is 2. The number of anilines is 1. The van der Waals surface area contributed by atoms with Gasteiger partial charge in [-0.2, -0.15) is 0 Å². The Kier molecular flexibility index (Phi) is 6.75. The number of hydrogen-bond acceptors (Lipinski definition) is 5. The highest BCUT2D eigenvalue weighted by molar-refractivity contribution is 6.00. The van der Waals surface area contributed by atoms with E-state index >= 15 is 0 Å². The lowest BCUT2D eigenvalue weighted by Crippen LogP contribution is -2.38. The molecule has 1 saturated heterocycles. The summed E-state index contributed by atoms with van der Waals surface area (Å²) in [6, 6.07) is 13.7. The molecule has 3 aromatic rings. The number of rotatable bonds is 6. The summed E-state index contributed by atoms with van der Waals surface area (Å²) in [5.74, 6) is 0.941. The maximum atomic E-state index is 13.3. The quantitative estimate of drug-likeness (QED) is 0.546. The van der Waals surface area contributed by atoms with Crippen molar-refractivity contribution in [1.29, 1.82) is 0 Å². The van der Waals surface area contributed by atoms with Crippen LogP contribution in [0.1, 0.15) is 46.9 Å². The van der Waals surface area contributed by atoms with Gasteiger partial charge in [-0.25, -0.2) is 0 Å². The fourth-order valence-corrected chi connectivity index (χ4v) is 4.88. The summed E-state index contributed by atoms with van der Waals surface area (Å²) in [4.78, 5) is 31.9. The average molecular weight is 446 g/mol.